The number of likely N-dealkylation sites (N-methyl/N-ethyl adjacent to an activating group) is 1. The second-order valence-corrected chi connectivity index (χ2v) is 6.18. The monoisotopic (exact) mass is 235 g/mol. The van der Waals surface area contributed by atoms with Crippen molar-refractivity contribution in [2.45, 2.75) is 70.8 Å². The first kappa shape index (κ1) is 13.1. The van der Waals surface area contributed by atoms with Crippen LogP contribution < -0.4 is 5.32 Å². The molecule has 3 atom stereocenters. The Balaban J connectivity index is 2.00. The molecule has 98 valence electrons. The summed E-state index contributed by atoms with van der Waals surface area (Å²) >= 11 is 0. The Morgan fingerprint density at radius 1 is 1.18 bits per heavy atom. The zero-order valence-corrected chi connectivity index (χ0v) is 11.7. The van der Waals surface area contributed by atoms with Gasteiger partial charge in [-0.05, 0) is 57.4 Å². The fourth-order valence-corrected chi connectivity index (χ4v) is 3.78. The molecule has 1 heteroatoms. The standard InChI is InChI=1S/C16H29N/c1-13-10-11-15(12-13)16(17-2)14-8-6-4-3-5-7-9-14/h8,13,15-17H,3-7,9-12H2,1-2H3. The summed E-state index contributed by atoms with van der Waals surface area (Å²) in [5, 5.41) is 3.61. The first-order valence-electron chi connectivity index (χ1n) is 7.67. The average Bonchev–Trinajstić information content (AvgIpc) is 2.68. The van der Waals surface area contributed by atoms with Crippen LogP contribution in [0.15, 0.2) is 11.6 Å². The van der Waals surface area contributed by atoms with Gasteiger partial charge in [0, 0.05) is 6.04 Å². The van der Waals surface area contributed by atoms with Crippen LogP contribution in [-0.2, 0) is 0 Å². The molecule has 1 N–H and O–H groups in total. The molecule has 17 heavy (non-hydrogen) atoms. The van der Waals surface area contributed by atoms with Crippen molar-refractivity contribution in [3.05, 3.63) is 11.6 Å². The molecule has 0 heterocycles. The summed E-state index contributed by atoms with van der Waals surface area (Å²) in [5.74, 6) is 1.85. The normalized spacial score (nSPS) is 32.7. The Morgan fingerprint density at radius 3 is 2.71 bits per heavy atom. The minimum atomic E-state index is 0.679. The van der Waals surface area contributed by atoms with E-state index in [1.807, 2.05) is 0 Å². The van der Waals surface area contributed by atoms with Crippen molar-refractivity contribution in [3.8, 4) is 0 Å². The van der Waals surface area contributed by atoms with Crippen LogP contribution in [0.2, 0.25) is 0 Å². The van der Waals surface area contributed by atoms with Crippen LogP contribution in [-0.4, -0.2) is 13.1 Å². The Morgan fingerprint density at radius 2 is 2.00 bits per heavy atom. The molecule has 0 aromatic carbocycles. The van der Waals surface area contributed by atoms with Crippen molar-refractivity contribution in [2.24, 2.45) is 11.8 Å². The topological polar surface area (TPSA) is 12.0 Å². The van der Waals surface area contributed by atoms with Crippen LogP contribution in [0, 0.1) is 11.8 Å². The quantitative estimate of drug-likeness (QED) is 0.720. The lowest BCUT2D eigenvalue weighted by atomic mass is 9.86. The van der Waals surface area contributed by atoms with Gasteiger partial charge < -0.3 is 5.32 Å². The fourth-order valence-electron chi connectivity index (χ4n) is 3.78. The lowest BCUT2D eigenvalue weighted by Crippen LogP contribution is -2.34. The van der Waals surface area contributed by atoms with Crippen LogP contribution in [0.1, 0.15) is 64.7 Å². The minimum absolute atomic E-state index is 0.679. The number of rotatable bonds is 3. The maximum absolute atomic E-state index is 3.61. The van der Waals surface area contributed by atoms with Crippen molar-refractivity contribution in [3.63, 3.8) is 0 Å². The van der Waals surface area contributed by atoms with Gasteiger partial charge in [-0.25, -0.2) is 0 Å². The van der Waals surface area contributed by atoms with Gasteiger partial charge in [0.15, 0.2) is 0 Å². The number of hydrogen-bond acceptors (Lipinski definition) is 1. The van der Waals surface area contributed by atoms with E-state index in [9.17, 15) is 0 Å². The SMILES string of the molecule is CNC(C1=CCCCCCC1)C1CCC(C)C1. The van der Waals surface area contributed by atoms with Gasteiger partial charge in [-0.1, -0.05) is 37.8 Å². The first-order valence-corrected chi connectivity index (χ1v) is 7.67. The summed E-state index contributed by atoms with van der Waals surface area (Å²) in [5.41, 5.74) is 1.73. The summed E-state index contributed by atoms with van der Waals surface area (Å²) in [7, 11) is 2.16. The molecule has 3 unspecified atom stereocenters. The molecule has 1 nitrogen and oxygen atoms in total. The molecular formula is C16H29N. The number of nitrogens with one attached hydrogen (secondary N) is 1. The molecule has 2 aliphatic carbocycles. The second kappa shape index (κ2) is 6.58. The maximum atomic E-state index is 3.61. The lowest BCUT2D eigenvalue weighted by molar-refractivity contribution is 0.396. The van der Waals surface area contributed by atoms with Crippen LogP contribution in [0.4, 0.5) is 0 Å². The predicted molar refractivity (Wildman–Crippen MR) is 75.1 cm³/mol. The number of hydrogen-bond donors (Lipinski definition) is 1. The molecule has 2 rings (SSSR count). The van der Waals surface area contributed by atoms with Crippen LogP contribution >= 0.6 is 0 Å². The van der Waals surface area contributed by atoms with E-state index in [4.69, 9.17) is 0 Å². The Labute approximate surface area is 107 Å². The highest BCUT2D eigenvalue weighted by Gasteiger charge is 2.29. The largest absolute Gasteiger partial charge is 0.313 e. The van der Waals surface area contributed by atoms with Gasteiger partial charge in [0.25, 0.3) is 0 Å². The van der Waals surface area contributed by atoms with Crippen LogP contribution in [0.25, 0.3) is 0 Å². The second-order valence-electron chi connectivity index (χ2n) is 6.18. The van der Waals surface area contributed by atoms with Gasteiger partial charge in [-0.15, -0.1) is 0 Å². The van der Waals surface area contributed by atoms with E-state index in [0.29, 0.717) is 6.04 Å². The highest BCUT2D eigenvalue weighted by Crippen LogP contribution is 2.36. The molecule has 0 aromatic heterocycles. The highest BCUT2D eigenvalue weighted by molar-refractivity contribution is 5.14. The zero-order valence-electron chi connectivity index (χ0n) is 11.7. The van der Waals surface area contributed by atoms with E-state index >= 15 is 0 Å². The maximum Gasteiger partial charge on any atom is 0.0305 e. The predicted octanol–water partition coefficient (Wildman–Crippen LogP) is 4.29. The van der Waals surface area contributed by atoms with Gasteiger partial charge in [-0.2, -0.15) is 0 Å². The van der Waals surface area contributed by atoms with E-state index in [0.717, 1.165) is 11.8 Å². The highest BCUT2D eigenvalue weighted by atomic mass is 14.9. The van der Waals surface area contributed by atoms with Gasteiger partial charge in [-0.3, -0.25) is 0 Å². The van der Waals surface area contributed by atoms with Crippen LogP contribution in [0.3, 0.4) is 0 Å². The molecule has 1 fully saturated rings. The molecule has 0 aromatic rings. The van der Waals surface area contributed by atoms with Gasteiger partial charge in [0.05, 0.1) is 0 Å². The zero-order chi connectivity index (χ0) is 12.1. The van der Waals surface area contributed by atoms with E-state index in [-0.39, 0.29) is 0 Å². The third-order valence-corrected chi connectivity index (χ3v) is 4.74. The first-order chi connectivity index (χ1) is 8.31. The van der Waals surface area contributed by atoms with Crippen LogP contribution in [0.5, 0.6) is 0 Å². The molecule has 0 radical (unpaired) electrons. The van der Waals surface area contributed by atoms with E-state index < -0.39 is 0 Å². The summed E-state index contributed by atoms with van der Waals surface area (Å²) in [6.07, 6.45) is 15.2. The summed E-state index contributed by atoms with van der Waals surface area (Å²) in [6, 6.07) is 0.679. The molecule has 0 bridgehead atoms. The van der Waals surface area contributed by atoms with Crippen molar-refractivity contribution >= 4 is 0 Å². The molecule has 0 aliphatic heterocycles. The molecular weight excluding hydrogens is 206 g/mol. The molecule has 0 saturated heterocycles. The third-order valence-electron chi connectivity index (χ3n) is 4.74. The van der Waals surface area contributed by atoms with Crippen molar-refractivity contribution in [2.75, 3.05) is 7.05 Å². The molecule has 0 amide bonds. The fraction of sp³-hybridized carbons (Fsp3) is 0.875. The van der Waals surface area contributed by atoms with Gasteiger partial charge in [0.2, 0.25) is 0 Å². The van der Waals surface area contributed by atoms with E-state index in [1.165, 1.54) is 57.8 Å². The smallest absolute Gasteiger partial charge is 0.0305 e. The van der Waals surface area contributed by atoms with E-state index in [1.54, 1.807) is 5.57 Å². The molecule has 0 spiro atoms. The Kier molecular flexibility index (Phi) is 5.09. The third kappa shape index (κ3) is 3.58. The minimum Gasteiger partial charge on any atom is -0.313 e. The summed E-state index contributed by atoms with van der Waals surface area (Å²) in [4.78, 5) is 0. The van der Waals surface area contributed by atoms with Crippen molar-refractivity contribution < 1.29 is 0 Å². The van der Waals surface area contributed by atoms with Crippen molar-refractivity contribution in [1.82, 2.24) is 5.32 Å². The number of allylic oxidation sites excluding steroid dienone is 1. The van der Waals surface area contributed by atoms with Crippen molar-refractivity contribution in [1.29, 1.82) is 0 Å². The van der Waals surface area contributed by atoms with E-state index in [2.05, 4.69) is 25.4 Å². The average molecular weight is 235 g/mol. The summed E-state index contributed by atoms with van der Waals surface area (Å²) in [6.45, 7) is 2.42. The molecule has 2 aliphatic rings. The summed E-state index contributed by atoms with van der Waals surface area (Å²) < 4.78 is 0. The Hall–Kier alpha value is -0.300. The Bertz CT molecular complexity index is 256. The van der Waals surface area contributed by atoms with Gasteiger partial charge >= 0.3 is 0 Å². The lowest BCUT2D eigenvalue weighted by Gasteiger charge is -2.27. The van der Waals surface area contributed by atoms with Gasteiger partial charge in [0.1, 0.15) is 0 Å². The molecule has 1 saturated carbocycles.